The average Bonchev–Trinajstić information content (AvgIpc) is 2.78. The van der Waals surface area contributed by atoms with Gasteiger partial charge >= 0.3 is 0 Å². The van der Waals surface area contributed by atoms with Gasteiger partial charge in [-0.25, -0.2) is 0 Å². The lowest BCUT2D eigenvalue weighted by molar-refractivity contribution is -0.123. The highest BCUT2D eigenvalue weighted by molar-refractivity contribution is 8.18. The Balaban J connectivity index is 1.84. The molecule has 1 saturated heterocycles. The van der Waals surface area contributed by atoms with E-state index in [-0.39, 0.29) is 23.4 Å². The van der Waals surface area contributed by atoms with E-state index in [4.69, 9.17) is 0 Å². The van der Waals surface area contributed by atoms with Crippen LogP contribution in [0.3, 0.4) is 0 Å². The molecule has 0 unspecified atom stereocenters. The van der Waals surface area contributed by atoms with Gasteiger partial charge in [0.25, 0.3) is 11.1 Å². The maximum absolute atomic E-state index is 12.4. The Morgan fingerprint density at radius 2 is 1.68 bits per heavy atom. The molecule has 4 nitrogen and oxygen atoms in total. The number of thioether (sulfide) groups is 1. The predicted molar refractivity (Wildman–Crippen MR) is 86.1 cm³/mol. The van der Waals surface area contributed by atoms with Crippen LogP contribution >= 0.6 is 11.8 Å². The van der Waals surface area contributed by atoms with E-state index in [0.29, 0.717) is 10.5 Å². The molecule has 0 spiro atoms. The first-order valence-electron chi connectivity index (χ1n) is 6.72. The quantitative estimate of drug-likeness (QED) is 0.879. The molecule has 0 saturated carbocycles. The lowest BCUT2D eigenvalue weighted by atomic mass is 10.2. The number of hydrogen-bond donors (Lipinski definition) is 1. The number of benzene rings is 2. The highest BCUT2D eigenvalue weighted by atomic mass is 32.2. The standard InChI is InChI=1S/C17H13NO3S/c19-14-9-5-4-8-13(14)10-15-16(20)18(17(21)22-15)11-12-6-2-1-3-7-12/h1-10,19H,11H2/b15-10-. The summed E-state index contributed by atoms with van der Waals surface area (Å²) in [4.78, 5) is 25.9. The van der Waals surface area contributed by atoms with Crippen molar-refractivity contribution in [2.45, 2.75) is 6.54 Å². The molecule has 1 heterocycles. The van der Waals surface area contributed by atoms with Crippen molar-refractivity contribution >= 4 is 29.0 Å². The third-order valence-electron chi connectivity index (χ3n) is 3.28. The summed E-state index contributed by atoms with van der Waals surface area (Å²) in [6.45, 7) is 0.254. The minimum absolute atomic E-state index is 0.0809. The molecule has 1 aliphatic rings. The van der Waals surface area contributed by atoms with Crippen molar-refractivity contribution in [2.75, 3.05) is 0 Å². The number of rotatable bonds is 3. The van der Waals surface area contributed by atoms with Crippen LogP contribution in [-0.2, 0) is 11.3 Å². The van der Waals surface area contributed by atoms with Crippen LogP contribution < -0.4 is 0 Å². The van der Waals surface area contributed by atoms with Crippen LogP contribution in [0.25, 0.3) is 6.08 Å². The van der Waals surface area contributed by atoms with Crippen LogP contribution in [0, 0.1) is 0 Å². The topological polar surface area (TPSA) is 57.6 Å². The number of hydrogen-bond acceptors (Lipinski definition) is 4. The second-order valence-corrected chi connectivity index (χ2v) is 5.81. The van der Waals surface area contributed by atoms with Crippen molar-refractivity contribution in [3.63, 3.8) is 0 Å². The molecule has 2 aromatic rings. The van der Waals surface area contributed by atoms with Crippen LogP contribution in [0.1, 0.15) is 11.1 Å². The second-order valence-electron chi connectivity index (χ2n) is 4.81. The molecular formula is C17H13NO3S. The number of nitrogens with zero attached hydrogens (tertiary/aromatic N) is 1. The average molecular weight is 311 g/mol. The summed E-state index contributed by atoms with van der Waals surface area (Å²) in [7, 11) is 0. The van der Waals surface area contributed by atoms with Crippen molar-refractivity contribution in [3.8, 4) is 5.75 Å². The van der Waals surface area contributed by atoms with Gasteiger partial charge in [0, 0.05) is 5.56 Å². The number of amides is 2. The maximum atomic E-state index is 12.4. The van der Waals surface area contributed by atoms with Crippen LogP contribution in [-0.4, -0.2) is 21.2 Å². The molecule has 0 radical (unpaired) electrons. The number of carbonyl (C=O) groups excluding carboxylic acids is 2. The number of phenolic OH excluding ortho intramolecular Hbond substituents is 1. The summed E-state index contributed by atoms with van der Waals surface area (Å²) in [5, 5.41) is 9.46. The van der Waals surface area contributed by atoms with E-state index in [1.807, 2.05) is 30.3 Å². The third kappa shape index (κ3) is 2.89. The molecule has 2 aromatic carbocycles. The van der Waals surface area contributed by atoms with Gasteiger partial charge in [-0.3, -0.25) is 14.5 Å². The second kappa shape index (κ2) is 6.07. The Kier molecular flexibility index (Phi) is 3.98. The van der Waals surface area contributed by atoms with Gasteiger partial charge in [0.1, 0.15) is 5.75 Å². The third-order valence-corrected chi connectivity index (χ3v) is 4.19. The van der Waals surface area contributed by atoms with Gasteiger partial charge in [-0.1, -0.05) is 48.5 Å². The normalized spacial score (nSPS) is 16.5. The number of imide groups is 1. The molecule has 2 amide bonds. The fourth-order valence-electron chi connectivity index (χ4n) is 2.15. The summed E-state index contributed by atoms with van der Waals surface area (Å²) in [5.74, 6) is -0.250. The van der Waals surface area contributed by atoms with Crippen molar-refractivity contribution < 1.29 is 14.7 Å². The zero-order valence-electron chi connectivity index (χ0n) is 11.6. The molecule has 1 fully saturated rings. The molecule has 0 bridgehead atoms. The molecule has 3 rings (SSSR count). The molecular weight excluding hydrogens is 298 g/mol. The zero-order valence-corrected chi connectivity index (χ0v) is 12.4. The van der Waals surface area contributed by atoms with Crippen molar-refractivity contribution in [1.29, 1.82) is 0 Å². The number of aromatic hydroxyl groups is 1. The fraction of sp³-hybridized carbons (Fsp3) is 0.0588. The van der Waals surface area contributed by atoms with E-state index in [1.165, 1.54) is 4.90 Å². The molecule has 0 aliphatic carbocycles. The summed E-state index contributed by atoms with van der Waals surface area (Å²) in [6, 6.07) is 16.1. The predicted octanol–water partition coefficient (Wildman–Crippen LogP) is 3.63. The van der Waals surface area contributed by atoms with Gasteiger partial charge in [0.15, 0.2) is 0 Å². The van der Waals surface area contributed by atoms with E-state index in [0.717, 1.165) is 17.3 Å². The fourth-order valence-corrected chi connectivity index (χ4v) is 2.98. The first-order chi connectivity index (χ1) is 10.6. The van der Waals surface area contributed by atoms with Gasteiger partial charge < -0.3 is 5.11 Å². The summed E-state index contributed by atoms with van der Waals surface area (Å²) in [5.41, 5.74) is 1.42. The van der Waals surface area contributed by atoms with Crippen molar-refractivity contribution in [2.24, 2.45) is 0 Å². The van der Waals surface area contributed by atoms with E-state index in [1.54, 1.807) is 30.3 Å². The Labute approximate surface area is 132 Å². The Hall–Kier alpha value is -2.53. The molecule has 0 atom stereocenters. The van der Waals surface area contributed by atoms with Crippen molar-refractivity contribution in [1.82, 2.24) is 4.90 Å². The van der Waals surface area contributed by atoms with Crippen LogP contribution in [0.5, 0.6) is 5.75 Å². The monoisotopic (exact) mass is 311 g/mol. The highest BCUT2D eigenvalue weighted by Crippen LogP contribution is 2.34. The first kappa shape index (κ1) is 14.4. The highest BCUT2D eigenvalue weighted by Gasteiger charge is 2.35. The zero-order chi connectivity index (χ0) is 15.5. The Morgan fingerprint density at radius 3 is 2.41 bits per heavy atom. The number of carbonyl (C=O) groups is 2. The van der Waals surface area contributed by atoms with Gasteiger partial charge in [-0.05, 0) is 29.5 Å². The number of para-hydroxylation sites is 1. The van der Waals surface area contributed by atoms with E-state index >= 15 is 0 Å². The molecule has 1 aliphatic heterocycles. The molecule has 5 heteroatoms. The Morgan fingerprint density at radius 1 is 1.00 bits per heavy atom. The minimum atomic E-state index is -0.331. The van der Waals surface area contributed by atoms with Gasteiger partial charge in [0.2, 0.25) is 0 Å². The summed E-state index contributed by atoms with van der Waals surface area (Å²) in [6.07, 6.45) is 1.55. The summed E-state index contributed by atoms with van der Waals surface area (Å²) < 4.78 is 0. The van der Waals surface area contributed by atoms with Crippen LogP contribution in [0.15, 0.2) is 59.5 Å². The van der Waals surface area contributed by atoms with Gasteiger partial charge in [0.05, 0.1) is 11.4 Å². The minimum Gasteiger partial charge on any atom is -0.507 e. The molecule has 110 valence electrons. The smallest absolute Gasteiger partial charge is 0.293 e. The summed E-state index contributed by atoms with van der Waals surface area (Å²) >= 11 is 0.892. The van der Waals surface area contributed by atoms with Gasteiger partial charge in [-0.15, -0.1) is 0 Å². The SMILES string of the molecule is O=C1S/C(=C\c2ccccc2O)C(=O)N1Cc1ccccc1. The number of phenols is 1. The van der Waals surface area contributed by atoms with E-state index in [2.05, 4.69) is 0 Å². The molecule has 1 N–H and O–H groups in total. The lowest BCUT2D eigenvalue weighted by Crippen LogP contribution is -2.27. The first-order valence-corrected chi connectivity index (χ1v) is 7.54. The van der Waals surface area contributed by atoms with Gasteiger partial charge in [-0.2, -0.15) is 0 Å². The molecule has 22 heavy (non-hydrogen) atoms. The van der Waals surface area contributed by atoms with E-state index < -0.39 is 0 Å². The lowest BCUT2D eigenvalue weighted by Gasteiger charge is -2.12. The molecule has 0 aromatic heterocycles. The van der Waals surface area contributed by atoms with Crippen molar-refractivity contribution in [3.05, 3.63) is 70.6 Å². The largest absolute Gasteiger partial charge is 0.507 e. The Bertz CT molecular complexity index is 756. The van der Waals surface area contributed by atoms with Crippen LogP contribution in [0.4, 0.5) is 4.79 Å². The van der Waals surface area contributed by atoms with Crippen LogP contribution in [0.2, 0.25) is 0 Å². The maximum Gasteiger partial charge on any atom is 0.293 e. The van der Waals surface area contributed by atoms with E-state index in [9.17, 15) is 14.7 Å².